The first kappa shape index (κ1) is 18.6. The van der Waals surface area contributed by atoms with Gasteiger partial charge in [-0.2, -0.15) is 5.10 Å². The van der Waals surface area contributed by atoms with Crippen LogP contribution in [-0.2, 0) is 9.53 Å². The first-order chi connectivity index (χ1) is 11.0. The van der Waals surface area contributed by atoms with Crippen LogP contribution in [-0.4, -0.2) is 38.0 Å². The molecule has 1 aromatic rings. The summed E-state index contributed by atoms with van der Waals surface area (Å²) in [7, 11) is 0. The van der Waals surface area contributed by atoms with Gasteiger partial charge in [0.1, 0.15) is 0 Å². The SMILES string of the molecule is CCOC(=O)COc1cc(Cl)c(C=NN=C(N)N)cc1OCC. The van der Waals surface area contributed by atoms with Crippen LogP contribution in [0.4, 0.5) is 0 Å². The van der Waals surface area contributed by atoms with Crippen LogP contribution in [0.15, 0.2) is 22.3 Å². The summed E-state index contributed by atoms with van der Waals surface area (Å²) in [5.41, 5.74) is 10.9. The normalized spacial score (nSPS) is 10.4. The minimum Gasteiger partial charge on any atom is -0.490 e. The van der Waals surface area contributed by atoms with Crippen LogP contribution in [0.2, 0.25) is 5.02 Å². The van der Waals surface area contributed by atoms with E-state index in [0.717, 1.165) is 0 Å². The number of nitrogens with zero attached hydrogens (tertiary/aromatic N) is 2. The largest absolute Gasteiger partial charge is 0.490 e. The number of nitrogens with two attached hydrogens (primary N) is 2. The van der Waals surface area contributed by atoms with E-state index in [1.54, 1.807) is 13.0 Å². The number of carbonyl (C=O) groups is 1. The minimum absolute atomic E-state index is 0.170. The second-order valence-electron chi connectivity index (χ2n) is 4.12. The van der Waals surface area contributed by atoms with Crippen molar-refractivity contribution in [1.82, 2.24) is 0 Å². The lowest BCUT2D eigenvalue weighted by Crippen LogP contribution is -2.21. The van der Waals surface area contributed by atoms with Gasteiger partial charge in [0.25, 0.3) is 0 Å². The Bertz CT molecular complexity index is 601. The molecule has 1 aromatic carbocycles. The smallest absolute Gasteiger partial charge is 0.344 e. The number of carbonyl (C=O) groups excluding carboxylic acids is 1. The van der Waals surface area contributed by atoms with Crippen LogP contribution < -0.4 is 20.9 Å². The Labute approximate surface area is 139 Å². The molecule has 0 atom stereocenters. The summed E-state index contributed by atoms with van der Waals surface area (Å²) in [6.07, 6.45) is 1.37. The molecule has 23 heavy (non-hydrogen) atoms. The summed E-state index contributed by atoms with van der Waals surface area (Å²) in [5.74, 6) is 0.0810. The molecule has 9 heteroatoms. The molecule has 1 rings (SSSR count). The van der Waals surface area contributed by atoms with Gasteiger partial charge in [0, 0.05) is 11.6 Å². The number of hydrogen-bond acceptors (Lipinski definition) is 6. The number of guanidine groups is 1. The average Bonchev–Trinajstić information content (AvgIpc) is 2.48. The van der Waals surface area contributed by atoms with Gasteiger partial charge in [-0.15, -0.1) is 5.10 Å². The van der Waals surface area contributed by atoms with E-state index in [9.17, 15) is 4.79 Å². The highest BCUT2D eigenvalue weighted by molar-refractivity contribution is 6.33. The molecule has 0 saturated heterocycles. The minimum atomic E-state index is -0.482. The van der Waals surface area contributed by atoms with Crippen molar-refractivity contribution in [2.24, 2.45) is 21.7 Å². The topological polar surface area (TPSA) is 122 Å². The number of halogens is 1. The van der Waals surface area contributed by atoms with E-state index in [-0.39, 0.29) is 19.2 Å². The summed E-state index contributed by atoms with van der Waals surface area (Å²) >= 11 is 6.14. The monoisotopic (exact) mass is 342 g/mol. The molecule has 0 aliphatic heterocycles. The van der Waals surface area contributed by atoms with Gasteiger partial charge in [-0.3, -0.25) is 0 Å². The molecule has 0 fully saturated rings. The summed E-state index contributed by atoms with van der Waals surface area (Å²) in [6.45, 7) is 3.97. The second kappa shape index (κ2) is 9.52. The lowest BCUT2D eigenvalue weighted by atomic mass is 10.2. The third-order valence-electron chi connectivity index (χ3n) is 2.38. The number of benzene rings is 1. The third kappa shape index (κ3) is 6.43. The first-order valence-electron chi connectivity index (χ1n) is 6.84. The zero-order valence-electron chi connectivity index (χ0n) is 12.9. The fourth-order valence-corrected chi connectivity index (χ4v) is 1.73. The van der Waals surface area contributed by atoms with E-state index in [4.69, 9.17) is 37.3 Å². The Kier molecular flexibility index (Phi) is 7.69. The van der Waals surface area contributed by atoms with E-state index in [2.05, 4.69) is 10.2 Å². The molecule has 0 unspecified atom stereocenters. The Morgan fingerprint density at radius 2 is 1.91 bits per heavy atom. The van der Waals surface area contributed by atoms with E-state index in [1.165, 1.54) is 12.3 Å². The fourth-order valence-electron chi connectivity index (χ4n) is 1.53. The molecule has 0 aromatic heterocycles. The molecule has 126 valence electrons. The van der Waals surface area contributed by atoms with Crippen LogP contribution >= 0.6 is 11.6 Å². The van der Waals surface area contributed by atoms with Crippen LogP contribution in [0.3, 0.4) is 0 Å². The number of esters is 1. The molecule has 4 N–H and O–H groups in total. The van der Waals surface area contributed by atoms with Crippen LogP contribution in [0.5, 0.6) is 11.5 Å². The van der Waals surface area contributed by atoms with Crippen molar-refractivity contribution in [3.63, 3.8) is 0 Å². The van der Waals surface area contributed by atoms with Crippen LogP contribution in [0.25, 0.3) is 0 Å². The number of ether oxygens (including phenoxy) is 3. The van der Waals surface area contributed by atoms with Crippen molar-refractivity contribution < 1.29 is 19.0 Å². The van der Waals surface area contributed by atoms with Crippen molar-refractivity contribution in [3.05, 3.63) is 22.7 Å². The maximum absolute atomic E-state index is 11.4. The van der Waals surface area contributed by atoms with Crippen molar-refractivity contribution in [2.75, 3.05) is 19.8 Å². The van der Waals surface area contributed by atoms with Crippen molar-refractivity contribution >= 4 is 29.7 Å². The van der Waals surface area contributed by atoms with Crippen LogP contribution in [0.1, 0.15) is 19.4 Å². The van der Waals surface area contributed by atoms with Gasteiger partial charge in [0.2, 0.25) is 5.96 Å². The molecule has 0 aliphatic rings. The predicted octanol–water partition coefficient (Wildman–Crippen LogP) is 1.29. The van der Waals surface area contributed by atoms with Crippen LogP contribution in [0, 0.1) is 0 Å². The van der Waals surface area contributed by atoms with Gasteiger partial charge in [-0.05, 0) is 19.9 Å². The lowest BCUT2D eigenvalue weighted by molar-refractivity contribution is -0.145. The standard InChI is InChI=1S/C14H19ClN4O4/c1-3-21-11-5-9(7-18-19-14(16)17)10(15)6-12(11)23-8-13(20)22-4-2/h5-7H,3-4,8H2,1-2H3,(H4,16,17,19). The molecular formula is C14H19ClN4O4. The number of rotatable bonds is 8. The average molecular weight is 343 g/mol. The zero-order chi connectivity index (χ0) is 17.2. The van der Waals surface area contributed by atoms with E-state index in [1.807, 2.05) is 6.92 Å². The maximum Gasteiger partial charge on any atom is 0.344 e. The molecular weight excluding hydrogens is 324 g/mol. The van der Waals surface area contributed by atoms with Gasteiger partial charge >= 0.3 is 5.97 Å². The molecule has 0 spiro atoms. The zero-order valence-corrected chi connectivity index (χ0v) is 13.7. The molecule has 8 nitrogen and oxygen atoms in total. The Hall–Kier alpha value is -2.48. The summed E-state index contributed by atoms with van der Waals surface area (Å²) in [6, 6.07) is 3.13. The Morgan fingerprint density at radius 3 is 2.52 bits per heavy atom. The first-order valence-corrected chi connectivity index (χ1v) is 7.22. The highest BCUT2D eigenvalue weighted by atomic mass is 35.5. The molecule has 0 heterocycles. The Balaban J connectivity index is 2.98. The third-order valence-corrected chi connectivity index (χ3v) is 2.71. The highest BCUT2D eigenvalue weighted by Gasteiger charge is 2.12. The van der Waals surface area contributed by atoms with Crippen molar-refractivity contribution in [2.45, 2.75) is 13.8 Å². The Morgan fingerprint density at radius 1 is 1.22 bits per heavy atom. The van der Waals surface area contributed by atoms with Crippen molar-refractivity contribution in [3.8, 4) is 11.5 Å². The summed E-state index contributed by atoms with van der Waals surface area (Å²) < 4.78 is 15.7. The maximum atomic E-state index is 11.4. The van der Waals surface area contributed by atoms with Gasteiger partial charge in [-0.1, -0.05) is 11.6 Å². The molecule has 0 bridgehead atoms. The van der Waals surface area contributed by atoms with E-state index in [0.29, 0.717) is 28.7 Å². The van der Waals surface area contributed by atoms with Gasteiger partial charge in [-0.25, -0.2) is 4.79 Å². The van der Waals surface area contributed by atoms with Gasteiger partial charge < -0.3 is 25.7 Å². The molecule has 0 radical (unpaired) electrons. The number of hydrogen-bond donors (Lipinski definition) is 2. The summed E-state index contributed by atoms with van der Waals surface area (Å²) in [4.78, 5) is 11.4. The molecule has 0 aliphatic carbocycles. The molecule has 0 saturated carbocycles. The summed E-state index contributed by atoms with van der Waals surface area (Å²) in [5, 5.41) is 7.51. The quantitative estimate of drug-likeness (QED) is 0.318. The predicted molar refractivity (Wildman–Crippen MR) is 88.2 cm³/mol. The fraction of sp³-hybridized carbons (Fsp3) is 0.357. The van der Waals surface area contributed by atoms with E-state index < -0.39 is 5.97 Å². The van der Waals surface area contributed by atoms with Crippen molar-refractivity contribution in [1.29, 1.82) is 0 Å². The highest BCUT2D eigenvalue weighted by Crippen LogP contribution is 2.33. The van der Waals surface area contributed by atoms with E-state index >= 15 is 0 Å². The van der Waals surface area contributed by atoms with Gasteiger partial charge in [0.15, 0.2) is 18.1 Å². The molecule has 0 amide bonds. The lowest BCUT2D eigenvalue weighted by Gasteiger charge is -2.13. The second-order valence-corrected chi connectivity index (χ2v) is 4.52. The van der Waals surface area contributed by atoms with Gasteiger partial charge in [0.05, 0.1) is 24.5 Å².